The van der Waals surface area contributed by atoms with E-state index in [4.69, 9.17) is 5.26 Å². The molecule has 0 bridgehead atoms. The summed E-state index contributed by atoms with van der Waals surface area (Å²) in [4.78, 5) is 11.4. The smallest absolute Gasteiger partial charge is 0.226 e. The van der Waals surface area contributed by atoms with Gasteiger partial charge < -0.3 is 5.32 Å². The predicted molar refractivity (Wildman–Crippen MR) is 62.3 cm³/mol. The lowest BCUT2D eigenvalue weighted by Crippen LogP contribution is -2.17. The Kier molecular flexibility index (Phi) is 3.87. The fraction of sp³-hybridized carbons (Fsp3) is 0.273. The monoisotopic (exact) mass is 266 g/mol. The zero-order chi connectivity index (χ0) is 11.4. The van der Waals surface area contributed by atoms with E-state index in [-0.39, 0.29) is 11.8 Å². The standard InChI is InChI=1S/C11H11BrN2O/c1-7(2)11(15)14-10-4-3-8(6-13)5-9(10)12/h3-5,7H,1-2H3,(H,14,15). The third-order valence-corrected chi connectivity index (χ3v) is 2.54. The third-order valence-electron chi connectivity index (χ3n) is 1.88. The van der Waals surface area contributed by atoms with Crippen molar-refractivity contribution in [3.8, 4) is 6.07 Å². The zero-order valence-electron chi connectivity index (χ0n) is 8.54. The number of rotatable bonds is 2. The highest BCUT2D eigenvalue weighted by molar-refractivity contribution is 9.10. The van der Waals surface area contributed by atoms with E-state index in [0.29, 0.717) is 11.3 Å². The molecule has 0 aliphatic rings. The van der Waals surface area contributed by atoms with Crippen LogP contribution in [0.3, 0.4) is 0 Å². The zero-order valence-corrected chi connectivity index (χ0v) is 10.1. The van der Waals surface area contributed by atoms with Gasteiger partial charge in [-0.05, 0) is 34.1 Å². The van der Waals surface area contributed by atoms with Crippen LogP contribution in [0.15, 0.2) is 22.7 Å². The Hall–Kier alpha value is -1.34. The summed E-state index contributed by atoms with van der Waals surface area (Å²) < 4.78 is 0.718. The van der Waals surface area contributed by atoms with Gasteiger partial charge >= 0.3 is 0 Å². The van der Waals surface area contributed by atoms with Crippen molar-refractivity contribution >= 4 is 27.5 Å². The molecule has 0 saturated carbocycles. The van der Waals surface area contributed by atoms with E-state index in [9.17, 15) is 4.79 Å². The Labute approximate surface area is 97.2 Å². The molecule has 1 aromatic carbocycles. The molecule has 0 fully saturated rings. The van der Waals surface area contributed by atoms with E-state index >= 15 is 0 Å². The summed E-state index contributed by atoms with van der Waals surface area (Å²) in [5.41, 5.74) is 1.25. The first-order chi connectivity index (χ1) is 7.04. The maximum atomic E-state index is 11.4. The molecule has 0 atom stereocenters. The summed E-state index contributed by atoms with van der Waals surface area (Å²) in [6.07, 6.45) is 0. The normalized spacial score (nSPS) is 9.80. The van der Waals surface area contributed by atoms with Gasteiger partial charge in [-0.2, -0.15) is 5.26 Å². The van der Waals surface area contributed by atoms with Crippen LogP contribution in [0.2, 0.25) is 0 Å². The molecule has 0 spiro atoms. The second kappa shape index (κ2) is 4.94. The van der Waals surface area contributed by atoms with Gasteiger partial charge in [0.2, 0.25) is 5.91 Å². The molecule has 0 saturated heterocycles. The molecule has 0 heterocycles. The molecule has 0 aliphatic heterocycles. The average molecular weight is 267 g/mol. The number of hydrogen-bond donors (Lipinski definition) is 1. The number of hydrogen-bond acceptors (Lipinski definition) is 2. The van der Waals surface area contributed by atoms with Crippen molar-refractivity contribution in [3.05, 3.63) is 28.2 Å². The van der Waals surface area contributed by atoms with E-state index in [0.717, 1.165) is 4.47 Å². The van der Waals surface area contributed by atoms with Crippen LogP contribution >= 0.6 is 15.9 Å². The van der Waals surface area contributed by atoms with Crippen molar-refractivity contribution in [2.45, 2.75) is 13.8 Å². The molecular weight excluding hydrogens is 256 g/mol. The highest BCUT2D eigenvalue weighted by Crippen LogP contribution is 2.23. The summed E-state index contributed by atoms with van der Waals surface area (Å²) in [5, 5.41) is 11.4. The lowest BCUT2D eigenvalue weighted by atomic mass is 10.2. The number of benzene rings is 1. The minimum absolute atomic E-state index is 0.0413. The van der Waals surface area contributed by atoms with Gasteiger partial charge in [0.1, 0.15) is 0 Å². The molecule has 0 unspecified atom stereocenters. The molecule has 0 aromatic heterocycles. The predicted octanol–water partition coefficient (Wildman–Crippen LogP) is 2.92. The van der Waals surface area contributed by atoms with Gasteiger partial charge in [0.05, 0.1) is 17.3 Å². The van der Waals surface area contributed by atoms with Crippen molar-refractivity contribution in [2.75, 3.05) is 5.32 Å². The molecule has 1 aromatic rings. The highest BCUT2D eigenvalue weighted by atomic mass is 79.9. The number of nitrogens with zero attached hydrogens (tertiary/aromatic N) is 1. The Bertz CT molecular complexity index is 421. The van der Waals surface area contributed by atoms with Crippen molar-refractivity contribution in [2.24, 2.45) is 5.92 Å². The van der Waals surface area contributed by atoms with Crippen LogP contribution in [0, 0.1) is 17.2 Å². The second-order valence-electron chi connectivity index (χ2n) is 3.45. The first kappa shape index (κ1) is 11.7. The fourth-order valence-corrected chi connectivity index (χ4v) is 1.44. The lowest BCUT2D eigenvalue weighted by molar-refractivity contribution is -0.118. The van der Waals surface area contributed by atoms with Gasteiger partial charge in [-0.25, -0.2) is 0 Å². The number of nitriles is 1. The van der Waals surface area contributed by atoms with E-state index in [2.05, 4.69) is 21.2 Å². The van der Waals surface area contributed by atoms with Crippen molar-refractivity contribution in [1.29, 1.82) is 5.26 Å². The maximum absolute atomic E-state index is 11.4. The van der Waals surface area contributed by atoms with Gasteiger partial charge in [-0.1, -0.05) is 13.8 Å². The summed E-state index contributed by atoms with van der Waals surface area (Å²) in [5.74, 6) is -0.104. The molecular formula is C11H11BrN2O. The first-order valence-corrected chi connectivity index (χ1v) is 5.34. The molecule has 0 radical (unpaired) electrons. The quantitative estimate of drug-likeness (QED) is 0.895. The summed E-state index contributed by atoms with van der Waals surface area (Å²) in [6, 6.07) is 7.08. The fourth-order valence-electron chi connectivity index (χ4n) is 0.963. The van der Waals surface area contributed by atoms with Crippen molar-refractivity contribution in [3.63, 3.8) is 0 Å². The van der Waals surface area contributed by atoms with Gasteiger partial charge in [0, 0.05) is 10.4 Å². The Morgan fingerprint density at radius 3 is 2.67 bits per heavy atom. The topological polar surface area (TPSA) is 52.9 Å². The molecule has 3 nitrogen and oxygen atoms in total. The molecule has 78 valence electrons. The van der Waals surface area contributed by atoms with Gasteiger partial charge in [0.15, 0.2) is 0 Å². The molecule has 0 aliphatic carbocycles. The van der Waals surface area contributed by atoms with E-state index in [1.54, 1.807) is 18.2 Å². The molecule has 1 N–H and O–H groups in total. The summed E-state index contributed by atoms with van der Waals surface area (Å²) in [7, 11) is 0. The van der Waals surface area contributed by atoms with Gasteiger partial charge in [-0.15, -0.1) is 0 Å². The van der Waals surface area contributed by atoms with Gasteiger partial charge in [0.25, 0.3) is 0 Å². The summed E-state index contributed by atoms with van der Waals surface area (Å²) >= 11 is 3.30. The van der Waals surface area contributed by atoms with Crippen LogP contribution in [-0.4, -0.2) is 5.91 Å². The lowest BCUT2D eigenvalue weighted by Gasteiger charge is -2.09. The van der Waals surface area contributed by atoms with Crippen molar-refractivity contribution in [1.82, 2.24) is 0 Å². The largest absolute Gasteiger partial charge is 0.325 e. The minimum atomic E-state index is -0.0625. The van der Waals surface area contributed by atoms with Crippen LogP contribution in [0.4, 0.5) is 5.69 Å². The van der Waals surface area contributed by atoms with Crippen molar-refractivity contribution < 1.29 is 4.79 Å². The maximum Gasteiger partial charge on any atom is 0.226 e. The van der Waals surface area contributed by atoms with E-state index < -0.39 is 0 Å². The van der Waals surface area contributed by atoms with Crippen LogP contribution < -0.4 is 5.32 Å². The van der Waals surface area contributed by atoms with Crippen LogP contribution in [0.25, 0.3) is 0 Å². The Morgan fingerprint density at radius 1 is 1.53 bits per heavy atom. The van der Waals surface area contributed by atoms with Crippen LogP contribution in [0.5, 0.6) is 0 Å². The minimum Gasteiger partial charge on any atom is -0.325 e. The van der Waals surface area contributed by atoms with Gasteiger partial charge in [-0.3, -0.25) is 4.79 Å². The number of carbonyl (C=O) groups is 1. The second-order valence-corrected chi connectivity index (χ2v) is 4.30. The molecule has 1 amide bonds. The highest BCUT2D eigenvalue weighted by Gasteiger charge is 2.09. The Balaban J connectivity index is 2.89. The SMILES string of the molecule is CC(C)C(=O)Nc1ccc(C#N)cc1Br. The number of halogens is 1. The van der Waals surface area contributed by atoms with E-state index in [1.165, 1.54) is 0 Å². The third kappa shape index (κ3) is 3.07. The average Bonchev–Trinajstić information content (AvgIpc) is 2.20. The molecule has 15 heavy (non-hydrogen) atoms. The number of nitrogens with one attached hydrogen (secondary N) is 1. The first-order valence-electron chi connectivity index (χ1n) is 4.55. The van der Waals surface area contributed by atoms with E-state index in [1.807, 2.05) is 19.9 Å². The number of carbonyl (C=O) groups excluding carboxylic acids is 1. The number of anilines is 1. The number of amides is 1. The molecule has 1 rings (SSSR count). The van der Waals surface area contributed by atoms with Crippen LogP contribution in [-0.2, 0) is 4.79 Å². The van der Waals surface area contributed by atoms with Crippen LogP contribution in [0.1, 0.15) is 19.4 Å². The Morgan fingerprint density at radius 2 is 2.20 bits per heavy atom. The molecule has 4 heteroatoms. The summed E-state index contributed by atoms with van der Waals surface area (Å²) in [6.45, 7) is 3.65.